The van der Waals surface area contributed by atoms with Gasteiger partial charge in [-0.2, -0.15) is 5.26 Å². The maximum atomic E-state index is 12.8. The van der Waals surface area contributed by atoms with E-state index in [4.69, 9.17) is 16.7 Å². The summed E-state index contributed by atoms with van der Waals surface area (Å²) in [5.74, 6) is -0.625. The third-order valence-corrected chi connectivity index (χ3v) is 8.66. The lowest BCUT2D eigenvalue weighted by atomic mass is 10.2. The monoisotopic (exact) mass is 501 g/mol. The summed E-state index contributed by atoms with van der Waals surface area (Å²) < 4.78 is 25.4. The molecule has 0 spiro atoms. The summed E-state index contributed by atoms with van der Waals surface area (Å²) in [6.07, 6.45) is 1.08. The van der Waals surface area contributed by atoms with Gasteiger partial charge in [-0.05, 0) is 18.2 Å². The molecule has 4 aromatic rings. The molecular formula is C18H11N7O5S3. The van der Waals surface area contributed by atoms with Gasteiger partial charge in [0.25, 0.3) is 11.6 Å². The Labute approximate surface area is 193 Å². The second-order valence-corrected chi connectivity index (χ2v) is 10.6. The molecule has 33 heavy (non-hydrogen) atoms. The first-order chi connectivity index (χ1) is 15.6. The molecule has 1 amide bonds. The van der Waals surface area contributed by atoms with Gasteiger partial charge in [-0.25, -0.2) is 18.4 Å². The van der Waals surface area contributed by atoms with Crippen LogP contribution in [0.5, 0.6) is 0 Å². The van der Waals surface area contributed by atoms with Crippen molar-refractivity contribution in [1.82, 2.24) is 9.97 Å². The molecule has 15 heteroatoms. The van der Waals surface area contributed by atoms with E-state index in [2.05, 4.69) is 15.3 Å². The van der Waals surface area contributed by atoms with Crippen molar-refractivity contribution in [2.24, 2.45) is 0 Å². The van der Waals surface area contributed by atoms with Gasteiger partial charge in [-0.1, -0.05) is 11.3 Å². The Morgan fingerprint density at radius 2 is 1.91 bits per heavy atom. The van der Waals surface area contributed by atoms with Crippen LogP contribution in [-0.4, -0.2) is 29.2 Å². The van der Waals surface area contributed by atoms with Gasteiger partial charge in [0.05, 0.1) is 27.3 Å². The maximum Gasteiger partial charge on any atom is 0.269 e. The minimum absolute atomic E-state index is 0.00234. The number of nitro benzene ring substituents is 1. The molecule has 0 atom stereocenters. The standard InChI is InChI=1S/C18H11N7O5S3/c19-6-8-5-11-13(20)14(32-17(11)23-15(8)21)16(26)24-18-22-7-12(31-18)33(29,30)10-3-1-9(2-4-10)25(27)28/h1-5,7H,20H2,(H2,21,23)(H,22,24,26). The topological polar surface area (TPSA) is 208 Å². The lowest BCUT2D eigenvalue weighted by molar-refractivity contribution is -0.384. The molecule has 12 nitrogen and oxygen atoms in total. The number of nitrogen functional groups attached to an aromatic ring is 2. The van der Waals surface area contributed by atoms with E-state index in [9.17, 15) is 23.3 Å². The maximum absolute atomic E-state index is 12.8. The van der Waals surface area contributed by atoms with Crippen LogP contribution in [0.1, 0.15) is 15.2 Å². The van der Waals surface area contributed by atoms with Crippen LogP contribution in [0.25, 0.3) is 10.2 Å². The Bertz CT molecular complexity index is 1580. The van der Waals surface area contributed by atoms with Gasteiger partial charge in [-0.15, -0.1) is 11.3 Å². The highest BCUT2D eigenvalue weighted by Gasteiger charge is 2.24. The van der Waals surface area contributed by atoms with E-state index in [-0.39, 0.29) is 41.9 Å². The fourth-order valence-corrected chi connectivity index (χ4v) is 6.18. The first-order valence-corrected chi connectivity index (χ1v) is 11.9. The molecule has 5 N–H and O–H groups in total. The van der Waals surface area contributed by atoms with Crippen molar-refractivity contribution in [3.63, 3.8) is 0 Å². The number of pyridine rings is 1. The number of fused-ring (bicyclic) bond motifs is 1. The zero-order valence-electron chi connectivity index (χ0n) is 16.2. The number of anilines is 3. The largest absolute Gasteiger partial charge is 0.397 e. The number of hydrogen-bond donors (Lipinski definition) is 3. The molecule has 166 valence electrons. The summed E-state index contributed by atoms with van der Waals surface area (Å²) in [6, 6.07) is 7.75. The highest BCUT2D eigenvalue weighted by atomic mass is 32.2. The molecule has 0 saturated carbocycles. The van der Waals surface area contributed by atoms with Gasteiger partial charge in [0.1, 0.15) is 25.8 Å². The number of nitrogens with two attached hydrogens (primary N) is 2. The minimum atomic E-state index is -4.00. The normalized spacial score (nSPS) is 11.2. The van der Waals surface area contributed by atoms with Gasteiger partial charge in [0.2, 0.25) is 9.84 Å². The lowest BCUT2D eigenvalue weighted by Gasteiger charge is -2.01. The molecule has 0 fully saturated rings. The van der Waals surface area contributed by atoms with E-state index in [1.807, 2.05) is 6.07 Å². The van der Waals surface area contributed by atoms with Crippen LogP contribution in [0.3, 0.4) is 0 Å². The summed E-state index contributed by atoms with van der Waals surface area (Å²) in [5, 5.41) is 22.7. The summed E-state index contributed by atoms with van der Waals surface area (Å²) in [7, 11) is -4.00. The number of amides is 1. The molecule has 3 aromatic heterocycles. The number of nitriles is 1. The molecule has 1 aromatic carbocycles. The molecule has 0 aliphatic heterocycles. The number of nitrogens with one attached hydrogen (secondary N) is 1. The van der Waals surface area contributed by atoms with Crippen molar-refractivity contribution < 1.29 is 18.1 Å². The highest BCUT2D eigenvalue weighted by molar-refractivity contribution is 7.93. The average Bonchev–Trinajstić information content (AvgIpc) is 3.38. The van der Waals surface area contributed by atoms with Gasteiger partial charge in [0.15, 0.2) is 5.13 Å². The Morgan fingerprint density at radius 3 is 2.55 bits per heavy atom. The smallest absolute Gasteiger partial charge is 0.269 e. The molecule has 0 unspecified atom stereocenters. The predicted molar refractivity (Wildman–Crippen MR) is 122 cm³/mol. The van der Waals surface area contributed by atoms with E-state index in [0.717, 1.165) is 41.8 Å². The number of carbonyl (C=O) groups is 1. The molecule has 0 saturated heterocycles. The van der Waals surface area contributed by atoms with Crippen LogP contribution in [0.15, 0.2) is 45.6 Å². The Kier molecular flexibility index (Phi) is 5.41. The van der Waals surface area contributed by atoms with Gasteiger partial charge >= 0.3 is 0 Å². The molecule has 0 bridgehead atoms. The van der Waals surface area contributed by atoms with E-state index in [0.29, 0.717) is 21.6 Å². The van der Waals surface area contributed by atoms with Crippen LogP contribution < -0.4 is 16.8 Å². The number of aromatic nitrogens is 2. The molecule has 0 aliphatic carbocycles. The average molecular weight is 502 g/mol. The van der Waals surface area contributed by atoms with Crippen molar-refractivity contribution in [3.05, 3.63) is 57.1 Å². The van der Waals surface area contributed by atoms with Crippen molar-refractivity contribution in [1.29, 1.82) is 5.26 Å². The Morgan fingerprint density at radius 1 is 1.21 bits per heavy atom. The lowest BCUT2D eigenvalue weighted by Crippen LogP contribution is -2.11. The molecule has 3 heterocycles. The minimum Gasteiger partial charge on any atom is -0.397 e. The first-order valence-electron chi connectivity index (χ1n) is 8.77. The molecule has 0 aliphatic rings. The highest BCUT2D eigenvalue weighted by Crippen LogP contribution is 2.35. The van der Waals surface area contributed by atoms with E-state index < -0.39 is 20.7 Å². The first kappa shape index (κ1) is 22.1. The summed E-state index contributed by atoms with van der Waals surface area (Å²) in [5.41, 5.74) is 11.7. The number of thiazole rings is 1. The van der Waals surface area contributed by atoms with Gasteiger partial charge < -0.3 is 11.5 Å². The number of hydrogen-bond acceptors (Lipinski definition) is 12. The number of non-ortho nitro benzene ring substituents is 1. The second-order valence-electron chi connectivity index (χ2n) is 6.42. The van der Waals surface area contributed by atoms with Crippen molar-refractivity contribution >= 4 is 71.0 Å². The number of thiophene rings is 1. The fourth-order valence-electron chi connectivity index (χ4n) is 2.77. The SMILES string of the molecule is N#Cc1cc2c(N)c(C(=O)Nc3ncc(S(=O)(=O)c4ccc([N+](=O)[O-])cc4)s3)sc2nc1N. The van der Waals surface area contributed by atoms with Crippen LogP contribution >= 0.6 is 22.7 Å². The number of nitrogens with zero attached hydrogens (tertiary/aromatic N) is 4. The number of nitro groups is 1. The Balaban J connectivity index is 1.60. The number of sulfone groups is 1. The Hall–Kier alpha value is -4.13. The van der Waals surface area contributed by atoms with Crippen LogP contribution in [-0.2, 0) is 9.84 Å². The fraction of sp³-hybridized carbons (Fsp3) is 0. The van der Waals surface area contributed by atoms with Crippen LogP contribution in [0, 0.1) is 21.4 Å². The third kappa shape index (κ3) is 3.93. The molecule has 4 rings (SSSR count). The van der Waals surface area contributed by atoms with Gasteiger partial charge in [-0.3, -0.25) is 20.2 Å². The van der Waals surface area contributed by atoms with Gasteiger partial charge in [0, 0.05) is 17.5 Å². The second kappa shape index (κ2) is 8.09. The van der Waals surface area contributed by atoms with Crippen molar-refractivity contribution in [2.45, 2.75) is 9.10 Å². The van der Waals surface area contributed by atoms with Crippen LogP contribution in [0.2, 0.25) is 0 Å². The zero-order chi connectivity index (χ0) is 23.9. The predicted octanol–water partition coefficient (Wildman–Crippen LogP) is 2.78. The van der Waals surface area contributed by atoms with E-state index >= 15 is 0 Å². The molecule has 0 radical (unpaired) electrons. The van der Waals surface area contributed by atoms with E-state index in [1.165, 1.54) is 6.07 Å². The van der Waals surface area contributed by atoms with Crippen molar-refractivity contribution in [3.8, 4) is 6.07 Å². The van der Waals surface area contributed by atoms with Crippen LogP contribution in [0.4, 0.5) is 22.3 Å². The quantitative estimate of drug-likeness (QED) is 0.269. The summed E-state index contributed by atoms with van der Waals surface area (Å²) in [6.45, 7) is 0. The summed E-state index contributed by atoms with van der Waals surface area (Å²) >= 11 is 1.67. The third-order valence-electron chi connectivity index (χ3n) is 4.40. The van der Waals surface area contributed by atoms with E-state index in [1.54, 1.807) is 0 Å². The number of carbonyl (C=O) groups excluding carboxylic acids is 1. The number of rotatable bonds is 5. The number of benzene rings is 1. The summed E-state index contributed by atoms with van der Waals surface area (Å²) in [4.78, 5) is 31.2. The molecular weight excluding hydrogens is 490 g/mol. The van der Waals surface area contributed by atoms with Crippen molar-refractivity contribution in [2.75, 3.05) is 16.8 Å². The zero-order valence-corrected chi connectivity index (χ0v) is 18.6.